The van der Waals surface area contributed by atoms with Crippen LogP contribution in [-0.2, 0) is 26.1 Å². The first kappa shape index (κ1) is 21.4. The molecular weight excluding hydrogens is 420 g/mol. The maximum Gasteiger partial charge on any atom is 0.264 e. The van der Waals surface area contributed by atoms with Crippen molar-refractivity contribution in [3.05, 3.63) is 30.1 Å². The predicted octanol–water partition coefficient (Wildman–Crippen LogP) is 2.47. The fourth-order valence-corrected chi connectivity index (χ4v) is 4.04. The third-order valence-corrected chi connectivity index (χ3v) is 5.68. The standard InChI is InChI=1S/C21H24N4O5S/c1-4-18-16-13-15(8-9-19(16)25(23-18)20-7-5-6-10-28-20)17-14-22-24(2)21(17)29-11-12-30-31(3,26)27/h1,8-9,13-14,20H,5-7,10-12H2,2-3H3. The van der Waals surface area contributed by atoms with E-state index in [1.165, 1.54) is 0 Å². The highest BCUT2D eigenvalue weighted by atomic mass is 32.2. The van der Waals surface area contributed by atoms with E-state index in [4.69, 9.17) is 20.1 Å². The highest BCUT2D eigenvalue weighted by Crippen LogP contribution is 2.34. The van der Waals surface area contributed by atoms with Gasteiger partial charge in [0.05, 0.1) is 23.5 Å². The van der Waals surface area contributed by atoms with E-state index in [1.807, 2.05) is 22.9 Å². The number of ether oxygens (including phenoxy) is 2. The average molecular weight is 445 g/mol. The smallest absolute Gasteiger partial charge is 0.264 e. The van der Waals surface area contributed by atoms with E-state index in [0.29, 0.717) is 11.6 Å². The molecule has 1 fully saturated rings. The van der Waals surface area contributed by atoms with Gasteiger partial charge in [0.2, 0.25) is 5.88 Å². The first-order chi connectivity index (χ1) is 14.9. The molecule has 0 amide bonds. The van der Waals surface area contributed by atoms with Crippen LogP contribution in [-0.4, -0.2) is 54.1 Å². The Labute approximate surface area is 181 Å². The number of benzene rings is 1. The number of fused-ring (bicyclic) bond motifs is 1. The van der Waals surface area contributed by atoms with Gasteiger partial charge in [-0.3, -0.25) is 4.18 Å². The van der Waals surface area contributed by atoms with Gasteiger partial charge in [-0.1, -0.05) is 6.07 Å². The molecule has 1 saturated heterocycles. The minimum atomic E-state index is -3.52. The molecule has 3 heterocycles. The van der Waals surface area contributed by atoms with Gasteiger partial charge in [-0.05, 0) is 42.9 Å². The largest absolute Gasteiger partial charge is 0.475 e. The highest BCUT2D eigenvalue weighted by Gasteiger charge is 2.22. The van der Waals surface area contributed by atoms with E-state index >= 15 is 0 Å². The summed E-state index contributed by atoms with van der Waals surface area (Å²) in [5.41, 5.74) is 3.09. The van der Waals surface area contributed by atoms with E-state index in [2.05, 4.69) is 16.1 Å². The first-order valence-electron chi connectivity index (χ1n) is 9.97. The normalized spacial score (nSPS) is 17.0. The second-order valence-electron chi connectivity index (χ2n) is 7.35. The summed E-state index contributed by atoms with van der Waals surface area (Å²) in [6, 6.07) is 5.90. The molecule has 1 aliphatic heterocycles. The van der Waals surface area contributed by atoms with Crippen molar-refractivity contribution in [3.8, 4) is 29.4 Å². The van der Waals surface area contributed by atoms with Crippen LogP contribution in [0.15, 0.2) is 24.4 Å². The van der Waals surface area contributed by atoms with Gasteiger partial charge in [-0.2, -0.15) is 18.6 Å². The van der Waals surface area contributed by atoms with Crippen molar-refractivity contribution in [3.63, 3.8) is 0 Å². The number of terminal acetylenes is 1. The molecule has 1 aromatic carbocycles. The molecular formula is C21H24N4O5S. The maximum absolute atomic E-state index is 11.1. The number of hydrogen-bond acceptors (Lipinski definition) is 7. The molecule has 1 aliphatic rings. The van der Waals surface area contributed by atoms with Crippen LogP contribution in [0.4, 0.5) is 0 Å². The minimum absolute atomic E-state index is 0.0639. The molecule has 164 valence electrons. The molecule has 10 heteroatoms. The lowest BCUT2D eigenvalue weighted by atomic mass is 10.1. The van der Waals surface area contributed by atoms with Crippen LogP contribution in [0, 0.1) is 12.3 Å². The topological polar surface area (TPSA) is 97.5 Å². The summed E-state index contributed by atoms with van der Waals surface area (Å²) >= 11 is 0. The van der Waals surface area contributed by atoms with Crippen molar-refractivity contribution in [2.75, 3.05) is 26.1 Å². The molecule has 0 aliphatic carbocycles. The van der Waals surface area contributed by atoms with Crippen LogP contribution in [0.1, 0.15) is 31.2 Å². The van der Waals surface area contributed by atoms with E-state index in [0.717, 1.165) is 54.2 Å². The van der Waals surface area contributed by atoms with Crippen molar-refractivity contribution in [1.29, 1.82) is 0 Å². The summed E-state index contributed by atoms with van der Waals surface area (Å²) in [5.74, 6) is 3.17. The van der Waals surface area contributed by atoms with Crippen LogP contribution in [0.5, 0.6) is 5.88 Å². The number of aryl methyl sites for hydroxylation is 1. The summed E-state index contributed by atoms with van der Waals surface area (Å²) in [7, 11) is -1.77. The van der Waals surface area contributed by atoms with Crippen LogP contribution in [0.2, 0.25) is 0 Å². The van der Waals surface area contributed by atoms with Gasteiger partial charge in [-0.25, -0.2) is 9.36 Å². The summed E-state index contributed by atoms with van der Waals surface area (Å²) in [6.07, 6.45) is 11.4. The van der Waals surface area contributed by atoms with Crippen LogP contribution in [0.3, 0.4) is 0 Å². The Bertz CT molecular complexity index is 1230. The lowest BCUT2D eigenvalue weighted by Crippen LogP contribution is -2.19. The summed E-state index contributed by atoms with van der Waals surface area (Å²) in [5, 5.41) is 9.73. The van der Waals surface area contributed by atoms with Crippen LogP contribution < -0.4 is 4.74 Å². The Morgan fingerprint density at radius 1 is 1.32 bits per heavy atom. The Hall–Kier alpha value is -2.87. The predicted molar refractivity (Wildman–Crippen MR) is 115 cm³/mol. The molecule has 0 N–H and O–H groups in total. The Morgan fingerprint density at radius 3 is 2.87 bits per heavy atom. The monoisotopic (exact) mass is 444 g/mol. The lowest BCUT2D eigenvalue weighted by molar-refractivity contribution is -0.0367. The molecule has 1 unspecified atom stereocenters. The molecule has 31 heavy (non-hydrogen) atoms. The molecule has 0 saturated carbocycles. The number of nitrogens with zero attached hydrogens (tertiary/aromatic N) is 4. The van der Waals surface area contributed by atoms with E-state index < -0.39 is 10.1 Å². The van der Waals surface area contributed by atoms with Crippen molar-refractivity contribution in [2.45, 2.75) is 25.5 Å². The van der Waals surface area contributed by atoms with Gasteiger partial charge < -0.3 is 9.47 Å². The fourth-order valence-electron chi connectivity index (χ4n) is 3.67. The second kappa shape index (κ2) is 8.70. The van der Waals surface area contributed by atoms with E-state index in [9.17, 15) is 8.42 Å². The zero-order valence-corrected chi connectivity index (χ0v) is 18.3. The molecule has 0 bridgehead atoms. The Kier molecular flexibility index (Phi) is 6.00. The Morgan fingerprint density at radius 2 is 2.16 bits per heavy atom. The van der Waals surface area contributed by atoms with Gasteiger partial charge in [0.25, 0.3) is 10.1 Å². The second-order valence-corrected chi connectivity index (χ2v) is 9.00. The number of hydrogen-bond donors (Lipinski definition) is 0. The lowest BCUT2D eigenvalue weighted by Gasteiger charge is -2.23. The van der Waals surface area contributed by atoms with Gasteiger partial charge in [-0.15, -0.1) is 6.42 Å². The van der Waals surface area contributed by atoms with Gasteiger partial charge in [0.15, 0.2) is 6.23 Å². The molecule has 3 aromatic rings. The van der Waals surface area contributed by atoms with Crippen LogP contribution >= 0.6 is 0 Å². The molecule has 4 rings (SSSR count). The number of rotatable bonds is 7. The van der Waals surface area contributed by atoms with E-state index in [-0.39, 0.29) is 19.4 Å². The SMILES string of the molecule is C#Cc1nn(C2CCCCO2)c2ccc(-c3cnn(C)c3OCCOS(C)(=O)=O)cc12. The van der Waals surface area contributed by atoms with Gasteiger partial charge in [0.1, 0.15) is 18.9 Å². The summed E-state index contributed by atoms with van der Waals surface area (Å²) in [6.45, 7) is 0.696. The number of aromatic nitrogens is 4. The summed E-state index contributed by atoms with van der Waals surface area (Å²) in [4.78, 5) is 0. The van der Waals surface area contributed by atoms with Crippen LogP contribution in [0.25, 0.3) is 22.0 Å². The molecule has 9 nitrogen and oxygen atoms in total. The van der Waals surface area contributed by atoms with Crippen molar-refractivity contribution in [1.82, 2.24) is 19.6 Å². The molecule has 1 atom stereocenters. The van der Waals surface area contributed by atoms with Crippen molar-refractivity contribution < 1.29 is 22.1 Å². The Balaban J connectivity index is 1.64. The van der Waals surface area contributed by atoms with Crippen molar-refractivity contribution in [2.24, 2.45) is 7.05 Å². The zero-order chi connectivity index (χ0) is 22.0. The van der Waals surface area contributed by atoms with E-state index in [1.54, 1.807) is 17.9 Å². The third-order valence-electron chi connectivity index (χ3n) is 5.09. The van der Waals surface area contributed by atoms with Gasteiger partial charge in [0, 0.05) is 19.0 Å². The quantitative estimate of drug-likeness (QED) is 0.314. The highest BCUT2D eigenvalue weighted by molar-refractivity contribution is 7.85. The van der Waals surface area contributed by atoms with Crippen molar-refractivity contribution >= 4 is 21.0 Å². The summed E-state index contributed by atoms with van der Waals surface area (Å²) < 4.78 is 42.1. The fraction of sp³-hybridized carbons (Fsp3) is 0.429. The maximum atomic E-state index is 11.1. The molecule has 0 radical (unpaired) electrons. The molecule has 2 aromatic heterocycles. The average Bonchev–Trinajstić information content (AvgIpc) is 3.31. The minimum Gasteiger partial charge on any atom is -0.475 e. The molecule has 0 spiro atoms. The van der Waals surface area contributed by atoms with Gasteiger partial charge >= 0.3 is 0 Å². The third kappa shape index (κ3) is 4.58. The zero-order valence-electron chi connectivity index (χ0n) is 17.4. The first-order valence-corrected chi connectivity index (χ1v) is 11.8.